The summed E-state index contributed by atoms with van der Waals surface area (Å²) in [5.74, 6) is -1.52. The van der Waals surface area contributed by atoms with Gasteiger partial charge < -0.3 is 15.2 Å². The molecule has 0 fully saturated rings. The van der Waals surface area contributed by atoms with Crippen molar-refractivity contribution >= 4 is 39.6 Å². The van der Waals surface area contributed by atoms with Crippen LogP contribution < -0.4 is 15.5 Å². The van der Waals surface area contributed by atoms with Crippen LogP contribution in [0.4, 0.5) is 5.69 Å². The number of amides is 2. The second-order valence-corrected chi connectivity index (χ2v) is 5.93. The Morgan fingerprint density at radius 2 is 2.00 bits per heavy atom. The van der Waals surface area contributed by atoms with Gasteiger partial charge in [0.1, 0.15) is 0 Å². The van der Waals surface area contributed by atoms with Crippen molar-refractivity contribution in [2.45, 2.75) is 6.92 Å². The standard InChI is InChI=1S/C17H16BrN3O4/c1-10-4-3-5-12(6-10)20-16(23)17(24)21-19-9-11-7-13(18)15(22)14(8-11)25-2/h3-9,22H,1-2H3,(H,20,23)(H,21,24)/b19-9-. The van der Waals surface area contributed by atoms with Crippen LogP contribution in [0, 0.1) is 6.92 Å². The minimum Gasteiger partial charge on any atom is -0.503 e. The van der Waals surface area contributed by atoms with Crippen molar-refractivity contribution in [1.29, 1.82) is 0 Å². The molecule has 25 heavy (non-hydrogen) atoms. The molecule has 2 rings (SSSR count). The molecule has 0 saturated carbocycles. The SMILES string of the molecule is COc1cc(/C=N\NC(=O)C(=O)Nc2cccc(C)c2)cc(Br)c1O. The molecule has 3 N–H and O–H groups in total. The number of hydrazone groups is 1. The van der Waals surface area contributed by atoms with Gasteiger partial charge in [-0.05, 0) is 58.2 Å². The van der Waals surface area contributed by atoms with E-state index in [4.69, 9.17) is 4.74 Å². The number of anilines is 1. The van der Waals surface area contributed by atoms with Crippen molar-refractivity contribution in [1.82, 2.24) is 5.43 Å². The number of benzene rings is 2. The average molecular weight is 406 g/mol. The average Bonchev–Trinajstić information content (AvgIpc) is 2.57. The van der Waals surface area contributed by atoms with E-state index in [0.717, 1.165) is 5.56 Å². The topological polar surface area (TPSA) is 100 Å². The Balaban J connectivity index is 1.98. The van der Waals surface area contributed by atoms with Crippen molar-refractivity contribution in [3.05, 3.63) is 52.0 Å². The van der Waals surface area contributed by atoms with Gasteiger partial charge in [-0.15, -0.1) is 0 Å². The molecule has 7 nitrogen and oxygen atoms in total. The second-order valence-electron chi connectivity index (χ2n) is 5.08. The van der Waals surface area contributed by atoms with Crippen LogP contribution in [0.15, 0.2) is 46.0 Å². The lowest BCUT2D eigenvalue weighted by Crippen LogP contribution is -2.32. The number of aryl methyl sites for hydroxylation is 1. The van der Waals surface area contributed by atoms with Crippen molar-refractivity contribution in [2.75, 3.05) is 12.4 Å². The van der Waals surface area contributed by atoms with Crippen LogP contribution in [-0.2, 0) is 9.59 Å². The summed E-state index contributed by atoms with van der Waals surface area (Å²) in [5.41, 5.74) is 4.18. The third-order valence-corrected chi connectivity index (χ3v) is 3.74. The van der Waals surface area contributed by atoms with E-state index in [1.165, 1.54) is 19.4 Å². The van der Waals surface area contributed by atoms with Crippen molar-refractivity contribution in [2.24, 2.45) is 5.10 Å². The maximum Gasteiger partial charge on any atom is 0.329 e. The highest BCUT2D eigenvalue weighted by Crippen LogP contribution is 2.34. The Bertz CT molecular complexity index is 837. The van der Waals surface area contributed by atoms with E-state index in [0.29, 0.717) is 15.7 Å². The smallest absolute Gasteiger partial charge is 0.329 e. The van der Waals surface area contributed by atoms with Gasteiger partial charge in [0.25, 0.3) is 0 Å². The number of methoxy groups -OCH3 is 1. The van der Waals surface area contributed by atoms with E-state index in [2.05, 4.69) is 31.8 Å². The fourth-order valence-corrected chi connectivity index (χ4v) is 2.41. The van der Waals surface area contributed by atoms with Crippen molar-refractivity contribution < 1.29 is 19.4 Å². The molecule has 0 heterocycles. The first-order valence-corrected chi connectivity index (χ1v) is 7.97. The monoisotopic (exact) mass is 405 g/mol. The molecule has 0 aromatic heterocycles. The van der Waals surface area contributed by atoms with Gasteiger partial charge in [0, 0.05) is 5.69 Å². The number of hydrogen-bond acceptors (Lipinski definition) is 5. The van der Waals surface area contributed by atoms with Crippen LogP contribution >= 0.6 is 15.9 Å². The summed E-state index contributed by atoms with van der Waals surface area (Å²) in [4.78, 5) is 23.6. The number of rotatable bonds is 4. The zero-order valence-corrected chi connectivity index (χ0v) is 15.1. The number of hydrogen-bond donors (Lipinski definition) is 3. The maximum absolute atomic E-state index is 11.8. The molecule has 2 aromatic rings. The van der Waals surface area contributed by atoms with Crippen molar-refractivity contribution in [3.63, 3.8) is 0 Å². The van der Waals surface area contributed by atoms with Gasteiger partial charge in [0.15, 0.2) is 11.5 Å². The summed E-state index contributed by atoms with van der Waals surface area (Å²) in [5, 5.41) is 15.9. The zero-order chi connectivity index (χ0) is 18.4. The lowest BCUT2D eigenvalue weighted by Gasteiger charge is -2.06. The number of phenols is 1. The Kier molecular flexibility index (Phi) is 6.13. The first-order valence-electron chi connectivity index (χ1n) is 7.18. The van der Waals surface area contributed by atoms with Crippen LogP contribution in [-0.4, -0.2) is 30.2 Å². The molecule has 0 unspecified atom stereocenters. The van der Waals surface area contributed by atoms with E-state index in [9.17, 15) is 14.7 Å². The summed E-state index contributed by atoms with van der Waals surface area (Å²) in [6.45, 7) is 1.88. The van der Waals surface area contributed by atoms with Crippen LogP contribution in [0.25, 0.3) is 0 Å². The molecule has 2 aromatic carbocycles. The summed E-state index contributed by atoms with van der Waals surface area (Å²) < 4.78 is 5.43. The second kappa shape index (κ2) is 8.29. The van der Waals surface area contributed by atoms with Crippen LogP contribution in [0.1, 0.15) is 11.1 Å². The van der Waals surface area contributed by atoms with Gasteiger partial charge in [-0.3, -0.25) is 9.59 Å². The minimum atomic E-state index is -0.900. The molecule has 0 aliphatic rings. The van der Waals surface area contributed by atoms with E-state index in [1.54, 1.807) is 24.3 Å². The van der Waals surface area contributed by atoms with Gasteiger partial charge in [-0.25, -0.2) is 5.43 Å². The first kappa shape index (κ1) is 18.5. The first-order chi connectivity index (χ1) is 11.9. The number of phenolic OH excluding ortho intramolecular Hbond substituents is 1. The molecule has 8 heteroatoms. The Morgan fingerprint density at radius 3 is 2.68 bits per heavy atom. The number of halogens is 1. The molecular formula is C17H16BrN3O4. The number of nitrogens with zero attached hydrogens (tertiary/aromatic N) is 1. The molecule has 0 aliphatic heterocycles. The van der Waals surface area contributed by atoms with Crippen LogP contribution in [0.5, 0.6) is 11.5 Å². The maximum atomic E-state index is 11.8. The van der Waals surface area contributed by atoms with Crippen LogP contribution in [0.2, 0.25) is 0 Å². The van der Waals surface area contributed by atoms with E-state index in [1.807, 2.05) is 13.0 Å². The Morgan fingerprint density at radius 1 is 1.24 bits per heavy atom. The molecule has 0 aliphatic carbocycles. The van der Waals surface area contributed by atoms with Gasteiger partial charge in [-0.1, -0.05) is 12.1 Å². The molecular weight excluding hydrogens is 390 g/mol. The van der Waals surface area contributed by atoms with E-state index >= 15 is 0 Å². The third kappa shape index (κ3) is 5.05. The number of carbonyl (C=O) groups is 2. The largest absolute Gasteiger partial charge is 0.503 e. The summed E-state index contributed by atoms with van der Waals surface area (Å²) in [6.07, 6.45) is 1.32. The molecule has 0 radical (unpaired) electrons. The van der Waals surface area contributed by atoms with Crippen molar-refractivity contribution in [3.8, 4) is 11.5 Å². The highest BCUT2D eigenvalue weighted by molar-refractivity contribution is 9.10. The lowest BCUT2D eigenvalue weighted by atomic mass is 10.2. The van der Waals surface area contributed by atoms with E-state index < -0.39 is 11.8 Å². The lowest BCUT2D eigenvalue weighted by molar-refractivity contribution is -0.136. The predicted molar refractivity (Wildman–Crippen MR) is 97.9 cm³/mol. The van der Waals surface area contributed by atoms with Crippen LogP contribution in [0.3, 0.4) is 0 Å². The minimum absolute atomic E-state index is 0.0405. The molecule has 0 atom stereocenters. The summed E-state index contributed by atoms with van der Waals surface area (Å²) >= 11 is 3.18. The quantitative estimate of drug-likeness (QED) is 0.413. The summed E-state index contributed by atoms with van der Waals surface area (Å²) in [6, 6.07) is 10.2. The fourth-order valence-electron chi connectivity index (χ4n) is 1.95. The highest BCUT2D eigenvalue weighted by atomic mass is 79.9. The molecule has 0 spiro atoms. The van der Waals surface area contributed by atoms with Gasteiger partial charge >= 0.3 is 11.8 Å². The molecule has 0 bridgehead atoms. The highest BCUT2D eigenvalue weighted by Gasteiger charge is 2.13. The number of carbonyl (C=O) groups excluding carboxylic acids is 2. The summed E-state index contributed by atoms with van der Waals surface area (Å²) in [7, 11) is 1.42. The molecule has 2 amide bonds. The predicted octanol–water partition coefficient (Wildman–Crippen LogP) is 2.56. The Hall–Kier alpha value is -2.87. The number of nitrogens with one attached hydrogen (secondary N) is 2. The third-order valence-electron chi connectivity index (χ3n) is 3.13. The van der Waals surface area contributed by atoms with Gasteiger partial charge in [0.2, 0.25) is 0 Å². The van der Waals surface area contributed by atoms with E-state index in [-0.39, 0.29) is 11.5 Å². The number of ether oxygens (including phenoxy) is 1. The zero-order valence-electron chi connectivity index (χ0n) is 13.5. The molecule has 0 saturated heterocycles. The molecule has 130 valence electrons. The number of aromatic hydroxyl groups is 1. The van der Waals surface area contributed by atoms with Gasteiger partial charge in [0.05, 0.1) is 17.8 Å². The van der Waals surface area contributed by atoms with Gasteiger partial charge in [-0.2, -0.15) is 5.10 Å². The Labute approximate surface area is 152 Å². The fraction of sp³-hybridized carbons (Fsp3) is 0.118. The normalized spacial score (nSPS) is 10.5.